The Morgan fingerprint density at radius 3 is 1.94 bits per heavy atom. The van der Waals surface area contributed by atoms with Crippen molar-refractivity contribution in [2.24, 2.45) is 0 Å². The van der Waals surface area contributed by atoms with Crippen LogP contribution >= 0.6 is 0 Å². The van der Waals surface area contributed by atoms with Crippen molar-refractivity contribution in [3.8, 4) is 0 Å². The first-order valence-electron chi connectivity index (χ1n) is 10.7. The van der Waals surface area contributed by atoms with Gasteiger partial charge in [-0.1, -0.05) is 76.9 Å². The van der Waals surface area contributed by atoms with Crippen LogP contribution in [0.2, 0.25) is 0 Å². The van der Waals surface area contributed by atoms with E-state index in [1.165, 1.54) is 22.3 Å². The molecule has 0 radical (unpaired) electrons. The molecule has 0 aromatic heterocycles. The van der Waals surface area contributed by atoms with Gasteiger partial charge < -0.3 is 10.1 Å². The fourth-order valence-electron chi connectivity index (χ4n) is 3.75. The molecule has 1 N–H and O–H groups in total. The summed E-state index contributed by atoms with van der Waals surface area (Å²) in [6.45, 7) is 10.2. The Kier molecular flexibility index (Phi) is 7.80. The van der Waals surface area contributed by atoms with Crippen LogP contribution in [0.25, 0.3) is 6.08 Å². The Morgan fingerprint density at radius 1 is 0.774 bits per heavy atom. The summed E-state index contributed by atoms with van der Waals surface area (Å²) in [7, 11) is 0. The van der Waals surface area contributed by atoms with Crippen molar-refractivity contribution in [2.45, 2.75) is 40.8 Å². The molecule has 0 saturated carbocycles. The van der Waals surface area contributed by atoms with Gasteiger partial charge in [-0.2, -0.15) is 0 Å². The molecule has 3 rings (SSSR count). The van der Waals surface area contributed by atoms with E-state index in [1.54, 1.807) is 0 Å². The highest BCUT2D eigenvalue weighted by Gasteiger charge is 2.07. The Morgan fingerprint density at radius 2 is 1.32 bits per heavy atom. The summed E-state index contributed by atoms with van der Waals surface area (Å²) in [6.07, 6.45) is 3.84. The first-order valence-corrected chi connectivity index (χ1v) is 10.7. The molecule has 3 aromatic carbocycles. The largest absolute Gasteiger partial charge is 0.458 e. The number of esters is 1. The highest BCUT2D eigenvalue weighted by Crippen LogP contribution is 2.12. The van der Waals surface area contributed by atoms with Crippen LogP contribution in [0.5, 0.6) is 0 Å². The second-order valence-corrected chi connectivity index (χ2v) is 8.22. The Balaban J connectivity index is 1.44. The third kappa shape index (κ3) is 7.23. The van der Waals surface area contributed by atoms with E-state index < -0.39 is 0 Å². The smallest absolute Gasteiger partial charge is 0.338 e. The van der Waals surface area contributed by atoms with E-state index in [4.69, 9.17) is 4.74 Å². The van der Waals surface area contributed by atoms with E-state index in [9.17, 15) is 4.79 Å². The molecule has 0 unspecified atom stereocenters. The molecule has 0 bridgehead atoms. The zero-order valence-electron chi connectivity index (χ0n) is 18.9. The van der Waals surface area contributed by atoms with Gasteiger partial charge in [0.25, 0.3) is 0 Å². The van der Waals surface area contributed by atoms with Crippen molar-refractivity contribution in [3.05, 3.63) is 111 Å². The molecule has 3 aromatic rings. The van der Waals surface area contributed by atoms with Crippen molar-refractivity contribution in [1.82, 2.24) is 5.32 Å². The number of aryl methyl sites for hydroxylation is 4. The number of carbonyl (C=O) groups is 1. The molecule has 31 heavy (non-hydrogen) atoms. The fourth-order valence-corrected chi connectivity index (χ4v) is 3.75. The predicted octanol–water partition coefficient (Wildman–Crippen LogP) is 6.08. The highest BCUT2D eigenvalue weighted by atomic mass is 16.5. The minimum absolute atomic E-state index is 0.255. The summed E-state index contributed by atoms with van der Waals surface area (Å²) in [5, 5.41) is 3.50. The number of ether oxygens (including phenoxy) is 1. The van der Waals surface area contributed by atoms with E-state index in [0.29, 0.717) is 5.56 Å². The van der Waals surface area contributed by atoms with Gasteiger partial charge in [0.05, 0.1) is 5.56 Å². The molecule has 0 atom stereocenters. The van der Waals surface area contributed by atoms with E-state index >= 15 is 0 Å². The normalized spacial score (nSPS) is 11.1. The molecular formula is C28H31NO2. The molecule has 3 nitrogen and oxygen atoms in total. The van der Waals surface area contributed by atoms with Crippen molar-refractivity contribution >= 4 is 12.0 Å². The number of hydrogen-bond acceptors (Lipinski definition) is 3. The number of nitrogens with one attached hydrogen (secondary N) is 1. The monoisotopic (exact) mass is 413 g/mol. The molecule has 0 spiro atoms. The lowest BCUT2D eigenvalue weighted by atomic mass is 10.1. The van der Waals surface area contributed by atoms with Crippen molar-refractivity contribution < 1.29 is 9.53 Å². The fraction of sp³-hybridized carbons (Fsp3) is 0.250. The molecule has 0 aliphatic carbocycles. The van der Waals surface area contributed by atoms with E-state index in [1.807, 2.05) is 44.2 Å². The summed E-state index contributed by atoms with van der Waals surface area (Å²) >= 11 is 0. The van der Waals surface area contributed by atoms with Gasteiger partial charge in [-0.3, -0.25) is 0 Å². The van der Waals surface area contributed by atoms with Gasteiger partial charge in [-0.25, -0.2) is 4.79 Å². The van der Waals surface area contributed by atoms with Crippen LogP contribution in [0.15, 0.2) is 66.7 Å². The number of benzene rings is 3. The van der Waals surface area contributed by atoms with Gasteiger partial charge >= 0.3 is 5.97 Å². The van der Waals surface area contributed by atoms with Crippen molar-refractivity contribution in [1.29, 1.82) is 0 Å². The van der Waals surface area contributed by atoms with Gasteiger partial charge in [-0.05, 0) is 62.6 Å². The molecule has 0 saturated heterocycles. The maximum Gasteiger partial charge on any atom is 0.338 e. The number of rotatable bonds is 8. The highest BCUT2D eigenvalue weighted by molar-refractivity contribution is 5.89. The second kappa shape index (κ2) is 10.7. The first-order chi connectivity index (χ1) is 14.9. The van der Waals surface area contributed by atoms with Gasteiger partial charge in [-0.15, -0.1) is 0 Å². The SMILES string of the molecule is Cc1cc(C)cc(CNCc2ccc(/C=C/COC(=O)c3cc(C)cc(C)c3)cc2)c1. The minimum atomic E-state index is -0.290. The Labute approximate surface area is 185 Å². The third-order valence-corrected chi connectivity index (χ3v) is 5.00. The molecule has 0 fully saturated rings. The number of carbonyl (C=O) groups excluding carboxylic acids is 1. The van der Waals surface area contributed by atoms with Crippen molar-refractivity contribution in [3.63, 3.8) is 0 Å². The van der Waals surface area contributed by atoms with Gasteiger partial charge in [0.1, 0.15) is 6.61 Å². The first kappa shape index (κ1) is 22.5. The lowest BCUT2D eigenvalue weighted by Crippen LogP contribution is -2.12. The van der Waals surface area contributed by atoms with Crippen molar-refractivity contribution in [2.75, 3.05) is 6.61 Å². The summed E-state index contributed by atoms with van der Waals surface area (Å²) in [6, 6.07) is 20.8. The molecule has 3 heteroatoms. The van der Waals surface area contributed by atoms with Crippen LogP contribution in [0.4, 0.5) is 0 Å². The average Bonchev–Trinajstić information content (AvgIpc) is 2.70. The molecule has 0 amide bonds. The topological polar surface area (TPSA) is 38.3 Å². The third-order valence-electron chi connectivity index (χ3n) is 5.00. The maximum atomic E-state index is 12.2. The van der Waals surface area contributed by atoms with Crippen LogP contribution in [0.1, 0.15) is 49.3 Å². The van der Waals surface area contributed by atoms with Gasteiger partial charge in [0, 0.05) is 13.1 Å². The Hall–Kier alpha value is -3.17. The molecule has 0 aliphatic heterocycles. The summed E-state index contributed by atoms with van der Waals surface area (Å²) in [5.74, 6) is -0.290. The lowest BCUT2D eigenvalue weighted by molar-refractivity contribution is 0.0550. The molecule has 0 heterocycles. The van der Waals surface area contributed by atoms with Crippen LogP contribution in [0, 0.1) is 27.7 Å². The van der Waals surface area contributed by atoms with E-state index in [-0.39, 0.29) is 12.6 Å². The summed E-state index contributed by atoms with van der Waals surface area (Å²) in [5.41, 5.74) is 8.96. The van der Waals surface area contributed by atoms with E-state index in [0.717, 1.165) is 29.8 Å². The summed E-state index contributed by atoms with van der Waals surface area (Å²) in [4.78, 5) is 12.2. The molecule has 160 valence electrons. The second-order valence-electron chi connectivity index (χ2n) is 8.22. The van der Waals surface area contributed by atoms with Gasteiger partial charge in [0.15, 0.2) is 0 Å². The number of hydrogen-bond donors (Lipinski definition) is 1. The quantitative estimate of drug-likeness (QED) is 0.455. The van der Waals surface area contributed by atoms with Gasteiger partial charge in [0.2, 0.25) is 0 Å². The predicted molar refractivity (Wildman–Crippen MR) is 128 cm³/mol. The van der Waals surface area contributed by atoms with Crippen LogP contribution in [-0.2, 0) is 17.8 Å². The van der Waals surface area contributed by atoms with Crippen LogP contribution in [-0.4, -0.2) is 12.6 Å². The zero-order chi connectivity index (χ0) is 22.2. The maximum absolute atomic E-state index is 12.2. The van der Waals surface area contributed by atoms with E-state index in [2.05, 4.69) is 61.6 Å². The Bertz CT molecular complexity index is 1020. The van der Waals surface area contributed by atoms with Crippen LogP contribution < -0.4 is 5.32 Å². The minimum Gasteiger partial charge on any atom is -0.458 e. The lowest BCUT2D eigenvalue weighted by Gasteiger charge is -2.08. The van der Waals surface area contributed by atoms with Crippen LogP contribution in [0.3, 0.4) is 0 Å². The molecular weight excluding hydrogens is 382 g/mol. The average molecular weight is 414 g/mol. The zero-order valence-corrected chi connectivity index (χ0v) is 18.9. The molecule has 0 aliphatic rings. The standard InChI is InChI=1S/C28H31NO2/c1-20-12-21(2)15-26(14-20)19-29-18-25-9-7-24(8-10-25)6-5-11-31-28(30)27-16-22(3)13-23(4)17-27/h5-10,12-17,29H,11,18-19H2,1-4H3/b6-5+. The summed E-state index contributed by atoms with van der Waals surface area (Å²) < 4.78 is 5.36.